The highest BCUT2D eigenvalue weighted by Gasteiger charge is 2.17. The van der Waals surface area contributed by atoms with E-state index in [1.54, 1.807) is 36.8 Å². The number of hydrogen-bond donors (Lipinski definition) is 3. The Kier molecular flexibility index (Phi) is 4.08. The second-order valence-electron chi connectivity index (χ2n) is 5.71. The molecule has 0 bridgehead atoms. The van der Waals surface area contributed by atoms with E-state index in [0.717, 1.165) is 33.4 Å². The first-order valence-corrected chi connectivity index (χ1v) is 7.97. The van der Waals surface area contributed by atoms with E-state index in [1.165, 1.54) is 4.80 Å². The summed E-state index contributed by atoms with van der Waals surface area (Å²) in [6.07, 6.45) is 4.84. The summed E-state index contributed by atoms with van der Waals surface area (Å²) < 4.78 is 0. The van der Waals surface area contributed by atoms with Crippen LogP contribution in [0.3, 0.4) is 0 Å². The van der Waals surface area contributed by atoms with Gasteiger partial charge in [-0.05, 0) is 29.2 Å². The molecular formula is C17H15BN6O2. The van der Waals surface area contributed by atoms with Crippen molar-refractivity contribution in [1.82, 2.24) is 25.2 Å². The fourth-order valence-corrected chi connectivity index (χ4v) is 2.89. The number of aromatic nitrogens is 5. The number of rotatable bonds is 4. The maximum absolute atomic E-state index is 9.54. The summed E-state index contributed by atoms with van der Waals surface area (Å²) in [6, 6.07) is 10.9. The molecule has 0 fully saturated rings. The van der Waals surface area contributed by atoms with E-state index in [0.29, 0.717) is 5.46 Å². The monoisotopic (exact) mass is 346 g/mol. The Hall–Kier alpha value is -3.30. The third kappa shape index (κ3) is 2.79. The topological polar surface area (TPSA) is 109 Å². The predicted molar refractivity (Wildman–Crippen MR) is 99.3 cm³/mol. The molecule has 8 nitrogen and oxygen atoms in total. The molecule has 0 atom stereocenters. The van der Waals surface area contributed by atoms with Gasteiger partial charge >= 0.3 is 7.12 Å². The van der Waals surface area contributed by atoms with E-state index in [2.05, 4.69) is 25.7 Å². The Labute approximate surface area is 149 Å². The lowest BCUT2D eigenvalue weighted by Gasteiger charge is -2.12. The van der Waals surface area contributed by atoms with E-state index in [9.17, 15) is 10.0 Å². The first kappa shape index (κ1) is 16.2. The van der Waals surface area contributed by atoms with Crippen LogP contribution in [0.1, 0.15) is 0 Å². The van der Waals surface area contributed by atoms with Crippen molar-refractivity contribution < 1.29 is 10.0 Å². The van der Waals surface area contributed by atoms with Crippen LogP contribution in [0.25, 0.3) is 27.7 Å². The minimum atomic E-state index is -1.57. The van der Waals surface area contributed by atoms with Gasteiger partial charge in [0.1, 0.15) is 0 Å². The molecule has 2 aromatic carbocycles. The molecule has 0 amide bonds. The summed E-state index contributed by atoms with van der Waals surface area (Å²) in [4.78, 5) is 1.49. The highest BCUT2D eigenvalue weighted by atomic mass is 16.4. The number of nitrogens with one attached hydrogen (secondary N) is 1. The molecule has 2 aromatic heterocycles. The molecule has 2 heterocycles. The van der Waals surface area contributed by atoms with E-state index in [4.69, 9.17) is 0 Å². The molecule has 128 valence electrons. The fourth-order valence-electron chi connectivity index (χ4n) is 2.89. The van der Waals surface area contributed by atoms with Gasteiger partial charge in [-0.1, -0.05) is 18.2 Å². The summed E-state index contributed by atoms with van der Waals surface area (Å²) in [5, 5.41) is 39.7. The molecule has 4 aromatic rings. The summed E-state index contributed by atoms with van der Waals surface area (Å²) >= 11 is 0. The fraction of sp³-hybridized carbons (Fsp3) is 0.0588. The van der Waals surface area contributed by atoms with Gasteiger partial charge < -0.3 is 15.4 Å². The van der Waals surface area contributed by atoms with Gasteiger partial charge in [0.2, 0.25) is 0 Å². The maximum atomic E-state index is 9.54. The van der Waals surface area contributed by atoms with Crippen LogP contribution in [0.5, 0.6) is 0 Å². The van der Waals surface area contributed by atoms with E-state index < -0.39 is 7.12 Å². The standard InChI is InChI=1S/C17H15BN6O2/c1-19-16-10-20-23-15-8-11(2-4-13(15)16)14-9-12(18(25)26)3-5-17(14)24-21-6-7-22-24/h2-10,25-26H,1H3,(H,19,23). The van der Waals surface area contributed by atoms with Crippen molar-refractivity contribution in [3.63, 3.8) is 0 Å². The molecule has 0 spiro atoms. The van der Waals surface area contributed by atoms with E-state index in [1.807, 2.05) is 25.2 Å². The molecule has 0 radical (unpaired) electrons. The lowest BCUT2D eigenvalue weighted by Crippen LogP contribution is -2.30. The highest BCUT2D eigenvalue weighted by molar-refractivity contribution is 6.58. The minimum Gasteiger partial charge on any atom is -0.423 e. The number of anilines is 1. The molecule has 0 aliphatic heterocycles. The summed E-state index contributed by atoms with van der Waals surface area (Å²) in [6.45, 7) is 0. The molecule has 0 saturated heterocycles. The first-order chi connectivity index (χ1) is 12.7. The molecule has 26 heavy (non-hydrogen) atoms. The van der Waals surface area contributed by atoms with Gasteiger partial charge in [0.25, 0.3) is 0 Å². The van der Waals surface area contributed by atoms with Crippen molar-refractivity contribution in [2.75, 3.05) is 12.4 Å². The summed E-state index contributed by atoms with van der Waals surface area (Å²) in [5.74, 6) is 0. The highest BCUT2D eigenvalue weighted by Crippen LogP contribution is 2.29. The lowest BCUT2D eigenvalue weighted by atomic mass is 9.78. The zero-order valence-electron chi connectivity index (χ0n) is 13.9. The van der Waals surface area contributed by atoms with Crippen molar-refractivity contribution >= 4 is 29.2 Å². The lowest BCUT2D eigenvalue weighted by molar-refractivity contribution is 0.426. The Morgan fingerprint density at radius 3 is 2.58 bits per heavy atom. The second kappa shape index (κ2) is 6.55. The SMILES string of the molecule is CNc1cnnc2cc(-c3cc(B(O)O)ccc3-n3nccn3)ccc12. The van der Waals surface area contributed by atoms with Crippen LogP contribution in [-0.2, 0) is 0 Å². The van der Waals surface area contributed by atoms with Crippen molar-refractivity contribution in [1.29, 1.82) is 0 Å². The van der Waals surface area contributed by atoms with Gasteiger partial charge in [-0.25, -0.2) is 0 Å². The third-order valence-corrected chi connectivity index (χ3v) is 4.17. The maximum Gasteiger partial charge on any atom is 0.488 e. The molecular weight excluding hydrogens is 331 g/mol. The average molecular weight is 346 g/mol. The van der Waals surface area contributed by atoms with Crippen LogP contribution in [0.2, 0.25) is 0 Å². The molecule has 0 saturated carbocycles. The number of fused-ring (bicyclic) bond motifs is 1. The van der Waals surface area contributed by atoms with Crippen LogP contribution in [0.15, 0.2) is 55.0 Å². The van der Waals surface area contributed by atoms with Crippen LogP contribution in [0, 0.1) is 0 Å². The second-order valence-corrected chi connectivity index (χ2v) is 5.71. The molecule has 3 N–H and O–H groups in total. The smallest absolute Gasteiger partial charge is 0.423 e. The van der Waals surface area contributed by atoms with Gasteiger partial charge in [-0.3, -0.25) is 0 Å². The Morgan fingerprint density at radius 1 is 1.04 bits per heavy atom. The average Bonchev–Trinajstić information content (AvgIpc) is 3.21. The Bertz CT molecular complexity index is 1070. The number of benzene rings is 2. The van der Waals surface area contributed by atoms with Crippen molar-refractivity contribution in [2.45, 2.75) is 0 Å². The number of nitrogens with zero attached hydrogens (tertiary/aromatic N) is 5. The van der Waals surface area contributed by atoms with Gasteiger partial charge in [0, 0.05) is 18.0 Å². The van der Waals surface area contributed by atoms with Crippen LogP contribution in [0.4, 0.5) is 5.69 Å². The number of hydrogen-bond acceptors (Lipinski definition) is 7. The van der Waals surface area contributed by atoms with Crippen molar-refractivity contribution in [3.8, 4) is 16.8 Å². The summed E-state index contributed by atoms with van der Waals surface area (Å²) in [7, 11) is 0.266. The van der Waals surface area contributed by atoms with Gasteiger partial charge in [-0.15, -0.1) is 0 Å². The van der Waals surface area contributed by atoms with E-state index >= 15 is 0 Å². The quantitative estimate of drug-likeness (QED) is 0.464. The zero-order chi connectivity index (χ0) is 18.1. The van der Waals surface area contributed by atoms with Crippen molar-refractivity contribution in [3.05, 3.63) is 55.0 Å². The molecule has 0 aliphatic rings. The summed E-state index contributed by atoms with van der Waals surface area (Å²) in [5.41, 5.74) is 4.31. The van der Waals surface area contributed by atoms with Crippen LogP contribution >= 0.6 is 0 Å². The van der Waals surface area contributed by atoms with Gasteiger partial charge in [-0.2, -0.15) is 25.2 Å². The first-order valence-electron chi connectivity index (χ1n) is 7.97. The van der Waals surface area contributed by atoms with Gasteiger partial charge in [0.15, 0.2) is 0 Å². The van der Waals surface area contributed by atoms with Crippen LogP contribution in [-0.4, -0.2) is 49.4 Å². The molecule has 4 rings (SSSR count). The van der Waals surface area contributed by atoms with E-state index in [-0.39, 0.29) is 0 Å². The molecule has 0 aliphatic carbocycles. The Morgan fingerprint density at radius 2 is 1.85 bits per heavy atom. The Balaban J connectivity index is 1.93. The van der Waals surface area contributed by atoms with Gasteiger partial charge in [0.05, 0.1) is 35.5 Å². The predicted octanol–water partition coefficient (Wildman–Crippen LogP) is 0.599. The normalized spacial score (nSPS) is 10.9. The largest absolute Gasteiger partial charge is 0.488 e. The van der Waals surface area contributed by atoms with Crippen molar-refractivity contribution in [2.24, 2.45) is 0 Å². The zero-order valence-corrected chi connectivity index (χ0v) is 13.9. The molecule has 0 unspecified atom stereocenters. The third-order valence-electron chi connectivity index (χ3n) is 4.17. The van der Waals surface area contributed by atoms with Crippen LogP contribution < -0.4 is 10.8 Å². The molecule has 9 heteroatoms. The minimum absolute atomic E-state index is 0.381.